The molecule has 7 nitrogen and oxygen atoms in total. The molecule has 0 radical (unpaired) electrons. The number of benzene rings is 2. The van der Waals surface area contributed by atoms with E-state index in [-0.39, 0.29) is 37.3 Å². The lowest BCUT2D eigenvalue weighted by Crippen LogP contribution is -2.43. The van der Waals surface area contributed by atoms with Gasteiger partial charge >= 0.3 is 12.1 Å². The van der Waals surface area contributed by atoms with Crippen molar-refractivity contribution in [2.24, 2.45) is 0 Å². The number of carboxylic acid groups (broad SMARTS) is 1. The number of ether oxygens (including phenoxy) is 1. The Kier molecular flexibility index (Phi) is 9.70. The number of fused-ring (bicyclic) bond motifs is 3. The van der Waals surface area contributed by atoms with Crippen molar-refractivity contribution in [3.8, 4) is 11.1 Å². The van der Waals surface area contributed by atoms with E-state index in [0.29, 0.717) is 12.8 Å². The SMILES string of the molecule is CCCC[C@H](CC(=O)NC(CCC)CC(=O)O)NC(=O)OCC1c2ccccc2-c2ccccc21. The minimum Gasteiger partial charge on any atom is -0.481 e. The van der Waals surface area contributed by atoms with E-state index in [1.54, 1.807) is 0 Å². The third-order valence-electron chi connectivity index (χ3n) is 6.43. The molecule has 2 aromatic rings. The van der Waals surface area contributed by atoms with E-state index in [2.05, 4.69) is 41.8 Å². The van der Waals surface area contributed by atoms with E-state index in [4.69, 9.17) is 9.84 Å². The molecule has 1 aliphatic rings. The molecule has 0 heterocycles. The third kappa shape index (κ3) is 7.31. The van der Waals surface area contributed by atoms with Gasteiger partial charge in [0, 0.05) is 24.4 Å². The number of unbranched alkanes of at least 4 members (excludes halogenated alkanes) is 1. The van der Waals surface area contributed by atoms with E-state index in [0.717, 1.165) is 41.5 Å². The lowest BCUT2D eigenvalue weighted by Gasteiger charge is -2.21. The van der Waals surface area contributed by atoms with Crippen LogP contribution in [0.3, 0.4) is 0 Å². The van der Waals surface area contributed by atoms with Crippen molar-refractivity contribution >= 4 is 18.0 Å². The predicted octanol–water partition coefficient (Wildman–Crippen LogP) is 5.23. The summed E-state index contributed by atoms with van der Waals surface area (Å²) in [6.07, 6.45) is 3.23. The fourth-order valence-corrected chi connectivity index (χ4v) is 4.78. The second-order valence-corrected chi connectivity index (χ2v) is 9.16. The molecule has 0 saturated heterocycles. The Bertz CT molecular complexity index is 976. The fraction of sp³-hybridized carbons (Fsp3) is 0.464. The number of carbonyl (C=O) groups excluding carboxylic acids is 2. The topological polar surface area (TPSA) is 105 Å². The molecule has 0 fully saturated rings. The summed E-state index contributed by atoms with van der Waals surface area (Å²) >= 11 is 0. The molecule has 35 heavy (non-hydrogen) atoms. The van der Waals surface area contributed by atoms with E-state index < -0.39 is 18.1 Å². The Hall–Kier alpha value is -3.35. The van der Waals surface area contributed by atoms with Gasteiger partial charge in [0.15, 0.2) is 0 Å². The predicted molar refractivity (Wildman–Crippen MR) is 135 cm³/mol. The van der Waals surface area contributed by atoms with Crippen LogP contribution in [0.2, 0.25) is 0 Å². The van der Waals surface area contributed by atoms with E-state index in [9.17, 15) is 14.4 Å². The molecule has 0 saturated carbocycles. The molecule has 0 aromatic heterocycles. The first-order valence-corrected chi connectivity index (χ1v) is 12.6. The van der Waals surface area contributed by atoms with Crippen LogP contribution in [0.1, 0.15) is 75.8 Å². The highest BCUT2D eigenvalue weighted by molar-refractivity contribution is 5.80. The first-order valence-electron chi connectivity index (χ1n) is 12.6. The zero-order valence-electron chi connectivity index (χ0n) is 20.6. The molecule has 188 valence electrons. The van der Waals surface area contributed by atoms with Gasteiger partial charge in [-0.2, -0.15) is 0 Å². The lowest BCUT2D eigenvalue weighted by atomic mass is 9.98. The molecule has 3 rings (SSSR count). The zero-order valence-corrected chi connectivity index (χ0v) is 20.6. The van der Waals surface area contributed by atoms with Crippen LogP contribution in [0, 0.1) is 0 Å². The average molecular weight is 481 g/mol. The number of hydrogen-bond donors (Lipinski definition) is 3. The molecule has 1 aliphatic carbocycles. The second-order valence-electron chi connectivity index (χ2n) is 9.16. The minimum absolute atomic E-state index is 0.0311. The number of hydrogen-bond acceptors (Lipinski definition) is 4. The van der Waals surface area contributed by atoms with Crippen LogP contribution < -0.4 is 10.6 Å². The molecular formula is C28H36N2O5. The maximum Gasteiger partial charge on any atom is 0.407 e. The molecule has 0 aliphatic heterocycles. The van der Waals surface area contributed by atoms with Crippen LogP contribution in [-0.4, -0.2) is 41.8 Å². The van der Waals surface area contributed by atoms with Crippen molar-refractivity contribution in [1.29, 1.82) is 0 Å². The van der Waals surface area contributed by atoms with Crippen molar-refractivity contribution < 1.29 is 24.2 Å². The van der Waals surface area contributed by atoms with Gasteiger partial charge in [-0.1, -0.05) is 81.6 Å². The Morgan fingerprint density at radius 3 is 2.03 bits per heavy atom. The molecular weight excluding hydrogens is 444 g/mol. The number of aliphatic carboxylic acids is 1. The van der Waals surface area contributed by atoms with E-state index >= 15 is 0 Å². The van der Waals surface area contributed by atoms with Crippen LogP contribution >= 0.6 is 0 Å². The molecule has 0 spiro atoms. The minimum atomic E-state index is -0.942. The van der Waals surface area contributed by atoms with Crippen LogP contribution in [0.25, 0.3) is 11.1 Å². The van der Waals surface area contributed by atoms with Gasteiger partial charge in [-0.05, 0) is 35.1 Å². The molecule has 3 N–H and O–H groups in total. The average Bonchev–Trinajstić information content (AvgIpc) is 3.14. The summed E-state index contributed by atoms with van der Waals surface area (Å²) in [6, 6.07) is 15.5. The Morgan fingerprint density at radius 1 is 0.857 bits per heavy atom. The van der Waals surface area contributed by atoms with Crippen LogP contribution in [0.4, 0.5) is 4.79 Å². The summed E-state index contributed by atoms with van der Waals surface area (Å²) < 4.78 is 5.64. The normalized spacial score (nSPS) is 13.9. The van der Waals surface area contributed by atoms with E-state index in [1.165, 1.54) is 0 Å². The zero-order chi connectivity index (χ0) is 25.2. The van der Waals surface area contributed by atoms with Gasteiger partial charge in [0.05, 0.1) is 6.42 Å². The summed E-state index contributed by atoms with van der Waals surface area (Å²) in [5.74, 6) is -1.23. The summed E-state index contributed by atoms with van der Waals surface area (Å²) in [6.45, 7) is 4.21. The summed E-state index contributed by atoms with van der Waals surface area (Å²) in [7, 11) is 0. The molecule has 2 aromatic carbocycles. The van der Waals surface area contributed by atoms with Gasteiger partial charge in [-0.25, -0.2) is 4.79 Å². The largest absolute Gasteiger partial charge is 0.481 e. The molecule has 2 amide bonds. The van der Waals surface area contributed by atoms with E-state index in [1.807, 2.05) is 31.2 Å². The fourth-order valence-electron chi connectivity index (χ4n) is 4.78. The molecule has 0 bridgehead atoms. The first-order chi connectivity index (χ1) is 16.9. The van der Waals surface area contributed by atoms with Crippen molar-refractivity contribution in [3.63, 3.8) is 0 Å². The highest BCUT2D eigenvalue weighted by atomic mass is 16.5. The Morgan fingerprint density at radius 2 is 1.46 bits per heavy atom. The Balaban J connectivity index is 1.59. The summed E-state index contributed by atoms with van der Waals surface area (Å²) in [4.78, 5) is 36.4. The van der Waals surface area contributed by atoms with Gasteiger partial charge in [-0.3, -0.25) is 9.59 Å². The number of nitrogens with one attached hydrogen (secondary N) is 2. The monoisotopic (exact) mass is 480 g/mol. The first kappa shape index (κ1) is 26.3. The van der Waals surface area contributed by atoms with Crippen LogP contribution in [0.15, 0.2) is 48.5 Å². The van der Waals surface area contributed by atoms with Crippen molar-refractivity contribution in [3.05, 3.63) is 59.7 Å². The number of alkyl carbamates (subject to hydrolysis) is 1. The van der Waals surface area contributed by atoms with Crippen molar-refractivity contribution in [2.45, 2.75) is 76.8 Å². The van der Waals surface area contributed by atoms with Crippen molar-refractivity contribution in [2.75, 3.05) is 6.61 Å². The number of carboxylic acids is 1. The lowest BCUT2D eigenvalue weighted by molar-refractivity contribution is -0.137. The third-order valence-corrected chi connectivity index (χ3v) is 6.43. The maximum atomic E-state index is 12.7. The van der Waals surface area contributed by atoms with Crippen molar-refractivity contribution in [1.82, 2.24) is 10.6 Å². The quantitative estimate of drug-likeness (QED) is 0.364. The van der Waals surface area contributed by atoms with Gasteiger partial charge in [0.25, 0.3) is 0 Å². The highest BCUT2D eigenvalue weighted by Crippen LogP contribution is 2.44. The Labute approximate surface area is 207 Å². The van der Waals surface area contributed by atoms with Gasteiger partial charge in [-0.15, -0.1) is 0 Å². The van der Waals surface area contributed by atoms with Crippen LogP contribution in [0.5, 0.6) is 0 Å². The molecule has 2 atom stereocenters. The van der Waals surface area contributed by atoms with Gasteiger partial charge in [0.2, 0.25) is 5.91 Å². The van der Waals surface area contributed by atoms with Gasteiger partial charge in [0.1, 0.15) is 6.61 Å². The second kappa shape index (κ2) is 12.9. The van der Waals surface area contributed by atoms with Crippen LogP contribution in [-0.2, 0) is 14.3 Å². The number of amides is 2. The maximum absolute atomic E-state index is 12.7. The number of carbonyl (C=O) groups is 3. The smallest absolute Gasteiger partial charge is 0.407 e. The number of rotatable bonds is 13. The summed E-state index contributed by atoms with van der Waals surface area (Å²) in [5.41, 5.74) is 4.61. The molecule has 7 heteroatoms. The standard InChI is InChI=1S/C28H36N2O5/c1-3-5-11-20(16-26(31)29-19(10-4-2)17-27(32)33)30-28(34)35-18-25-23-14-8-6-12-21(23)22-13-7-9-15-24(22)25/h6-9,12-15,19-20,25H,3-5,10-11,16-18H2,1-2H3,(H,29,31)(H,30,34)(H,32,33)/t19?,20-/m1/s1. The highest BCUT2D eigenvalue weighted by Gasteiger charge is 2.29. The summed E-state index contributed by atoms with van der Waals surface area (Å²) in [5, 5.41) is 14.8. The molecule has 1 unspecified atom stereocenters. The van der Waals surface area contributed by atoms with Gasteiger partial charge < -0.3 is 20.5 Å².